The Balaban J connectivity index is 1.66. The second-order valence-electron chi connectivity index (χ2n) is 8.82. The van der Waals surface area contributed by atoms with E-state index >= 15 is 0 Å². The van der Waals surface area contributed by atoms with Gasteiger partial charge in [0, 0.05) is 41.6 Å². The number of aryl methyl sites for hydroxylation is 2. The third kappa shape index (κ3) is 5.85. The number of methoxy groups -OCH3 is 1. The number of thiazole rings is 1. The number of pyridine rings is 1. The summed E-state index contributed by atoms with van der Waals surface area (Å²) in [4.78, 5) is 22.4. The van der Waals surface area contributed by atoms with E-state index in [9.17, 15) is 4.79 Å². The highest BCUT2D eigenvalue weighted by Crippen LogP contribution is 2.32. The highest BCUT2D eigenvalue weighted by atomic mass is 32.1. The third-order valence-corrected chi connectivity index (χ3v) is 7.29. The lowest BCUT2D eigenvalue weighted by molar-refractivity contribution is 0.0952. The molecule has 36 heavy (non-hydrogen) atoms. The van der Waals surface area contributed by atoms with Crippen LogP contribution in [-0.2, 0) is 19.4 Å². The third-order valence-electron chi connectivity index (χ3n) is 6.40. The largest absolute Gasteiger partial charge is 0.497 e. The summed E-state index contributed by atoms with van der Waals surface area (Å²) >= 11 is 1.62. The Morgan fingerprint density at radius 3 is 2.67 bits per heavy atom. The lowest BCUT2D eigenvalue weighted by atomic mass is 10.1. The average Bonchev–Trinajstić information content (AvgIpc) is 3.53. The van der Waals surface area contributed by atoms with Crippen LogP contribution in [0, 0.1) is 6.92 Å². The van der Waals surface area contributed by atoms with Crippen LogP contribution in [0.3, 0.4) is 0 Å². The summed E-state index contributed by atoms with van der Waals surface area (Å²) < 4.78 is 7.51. The first kappa shape index (κ1) is 25.6. The zero-order valence-corrected chi connectivity index (χ0v) is 22.3. The van der Waals surface area contributed by atoms with E-state index in [0.29, 0.717) is 12.1 Å². The van der Waals surface area contributed by atoms with Crippen LogP contribution in [0.15, 0.2) is 54.0 Å². The molecule has 1 N–H and O–H groups in total. The molecule has 1 amide bonds. The van der Waals surface area contributed by atoms with E-state index in [4.69, 9.17) is 9.72 Å². The van der Waals surface area contributed by atoms with Crippen molar-refractivity contribution >= 4 is 17.2 Å². The molecule has 6 nitrogen and oxygen atoms in total. The quantitative estimate of drug-likeness (QED) is 0.244. The molecular formula is C29H34N4O2S. The van der Waals surface area contributed by atoms with Crippen LogP contribution in [0.5, 0.6) is 5.75 Å². The molecule has 0 aliphatic carbocycles. The predicted octanol–water partition coefficient (Wildman–Crippen LogP) is 6.33. The summed E-state index contributed by atoms with van der Waals surface area (Å²) in [5.41, 5.74) is 6.86. The van der Waals surface area contributed by atoms with E-state index in [1.807, 2.05) is 37.4 Å². The number of benzene rings is 1. The molecule has 0 saturated carbocycles. The van der Waals surface area contributed by atoms with Gasteiger partial charge in [-0.1, -0.05) is 32.4 Å². The summed E-state index contributed by atoms with van der Waals surface area (Å²) in [5, 5.41) is 6.11. The fraction of sp³-hybridized carbons (Fsp3) is 0.345. The minimum absolute atomic E-state index is 0.0254. The van der Waals surface area contributed by atoms with Gasteiger partial charge < -0.3 is 14.6 Å². The zero-order chi connectivity index (χ0) is 25.5. The zero-order valence-electron chi connectivity index (χ0n) is 21.5. The standard InChI is InChI=1S/C29H34N4O2S/c1-5-7-14-31-28(34)25-18-27(26-19-36-29(32-26)22-12-15-30-23(6-2)17-22)33(20(25)3)16-13-21-8-10-24(35-4)11-9-21/h8-12,15,17-19H,5-7,13-14,16H2,1-4H3,(H,31,34). The second-order valence-corrected chi connectivity index (χ2v) is 9.67. The molecule has 0 saturated heterocycles. The van der Waals surface area contributed by atoms with Crippen molar-refractivity contribution in [3.05, 3.63) is 76.6 Å². The van der Waals surface area contributed by atoms with Crippen molar-refractivity contribution in [1.82, 2.24) is 19.9 Å². The van der Waals surface area contributed by atoms with Gasteiger partial charge in [0.1, 0.15) is 10.8 Å². The number of amides is 1. The fourth-order valence-electron chi connectivity index (χ4n) is 4.21. The molecule has 188 valence electrons. The molecule has 0 aliphatic heterocycles. The first-order valence-corrected chi connectivity index (χ1v) is 13.4. The van der Waals surface area contributed by atoms with E-state index in [2.05, 4.69) is 52.3 Å². The van der Waals surface area contributed by atoms with Crippen LogP contribution in [0.25, 0.3) is 22.0 Å². The Bertz CT molecular complexity index is 1310. The Hall–Kier alpha value is -3.45. The van der Waals surface area contributed by atoms with Crippen molar-refractivity contribution in [1.29, 1.82) is 0 Å². The van der Waals surface area contributed by atoms with Crippen LogP contribution in [0.1, 0.15) is 54.0 Å². The molecule has 0 radical (unpaired) electrons. The van der Waals surface area contributed by atoms with Crippen molar-refractivity contribution in [2.45, 2.75) is 53.0 Å². The number of carbonyl (C=O) groups is 1. The number of carbonyl (C=O) groups excluding carboxylic acids is 1. The predicted molar refractivity (Wildman–Crippen MR) is 147 cm³/mol. The number of aromatic nitrogens is 3. The number of nitrogens with zero attached hydrogens (tertiary/aromatic N) is 3. The molecular weight excluding hydrogens is 468 g/mol. The van der Waals surface area contributed by atoms with Crippen molar-refractivity contribution in [3.8, 4) is 27.7 Å². The maximum atomic E-state index is 13.0. The smallest absolute Gasteiger partial charge is 0.253 e. The van der Waals surface area contributed by atoms with Crippen LogP contribution >= 0.6 is 11.3 Å². The molecule has 0 atom stereocenters. The van der Waals surface area contributed by atoms with Gasteiger partial charge in [0.05, 0.1) is 24.1 Å². The Morgan fingerprint density at radius 1 is 1.14 bits per heavy atom. The summed E-state index contributed by atoms with van der Waals surface area (Å²) in [7, 11) is 1.68. The Morgan fingerprint density at radius 2 is 1.94 bits per heavy atom. The van der Waals surface area contributed by atoms with Gasteiger partial charge in [-0.2, -0.15) is 0 Å². The SMILES string of the molecule is CCCCNC(=O)c1cc(-c2csc(-c3ccnc(CC)c3)n2)n(CCc2ccc(OC)cc2)c1C. The molecule has 4 rings (SSSR count). The normalized spacial score (nSPS) is 11.0. The number of rotatable bonds is 11. The monoisotopic (exact) mass is 502 g/mol. The molecule has 0 spiro atoms. The van der Waals surface area contributed by atoms with Crippen molar-refractivity contribution < 1.29 is 9.53 Å². The van der Waals surface area contributed by atoms with Crippen molar-refractivity contribution in [2.75, 3.05) is 13.7 Å². The Labute approximate surface area is 217 Å². The van der Waals surface area contributed by atoms with Gasteiger partial charge in [-0.05, 0) is 62.1 Å². The molecule has 3 aromatic heterocycles. The molecule has 7 heteroatoms. The maximum Gasteiger partial charge on any atom is 0.253 e. The van der Waals surface area contributed by atoms with Gasteiger partial charge in [0.25, 0.3) is 5.91 Å². The van der Waals surface area contributed by atoms with Gasteiger partial charge in [-0.15, -0.1) is 11.3 Å². The van der Waals surface area contributed by atoms with Crippen LogP contribution in [0.2, 0.25) is 0 Å². The number of unbranched alkanes of at least 4 members (excludes halogenated alkanes) is 1. The van der Waals surface area contributed by atoms with Crippen LogP contribution < -0.4 is 10.1 Å². The molecule has 3 heterocycles. The van der Waals surface area contributed by atoms with E-state index in [1.165, 1.54) is 5.56 Å². The van der Waals surface area contributed by atoms with Gasteiger partial charge in [-0.25, -0.2) is 4.98 Å². The molecule has 0 fully saturated rings. The van der Waals surface area contributed by atoms with Gasteiger partial charge >= 0.3 is 0 Å². The van der Waals surface area contributed by atoms with Gasteiger partial charge in [0.15, 0.2) is 0 Å². The summed E-state index contributed by atoms with van der Waals surface area (Å²) in [5.74, 6) is 0.822. The van der Waals surface area contributed by atoms with E-state index in [-0.39, 0.29) is 5.91 Å². The minimum Gasteiger partial charge on any atom is -0.497 e. The fourth-order valence-corrected chi connectivity index (χ4v) is 5.02. The van der Waals surface area contributed by atoms with E-state index in [0.717, 1.165) is 71.3 Å². The number of hydrogen-bond donors (Lipinski definition) is 1. The van der Waals surface area contributed by atoms with Gasteiger partial charge in [-0.3, -0.25) is 9.78 Å². The lowest BCUT2D eigenvalue weighted by Gasteiger charge is -2.12. The lowest BCUT2D eigenvalue weighted by Crippen LogP contribution is -2.24. The van der Waals surface area contributed by atoms with E-state index in [1.54, 1.807) is 18.4 Å². The number of ether oxygens (including phenoxy) is 1. The highest BCUT2D eigenvalue weighted by Gasteiger charge is 2.20. The molecule has 0 aliphatic rings. The molecule has 0 unspecified atom stereocenters. The summed E-state index contributed by atoms with van der Waals surface area (Å²) in [6, 6.07) is 14.2. The topological polar surface area (TPSA) is 69.0 Å². The van der Waals surface area contributed by atoms with Crippen molar-refractivity contribution in [2.24, 2.45) is 0 Å². The second kappa shape index (κ2) is 12.0. The average molecular weight is 503 g/mol. The Kier molecular flexibility index (Phi) is 8.54. The van der Waals surface area contributed by atoms with Crippen LogP contribution in [0.4, 0.5) is 0 Å². The van der Waals surface area contributed by atoms with Crippen molar-refractivity contribution in [3.63, 3.8) is 0 Å². The van der Waals surface area contributed by atoms with E-state index < -0.39 is 0 Å². The number of hydrogen-bond acceptors (Lipinski definition) is 5. The molecule has 1 aromatic carbocycles. The molecule has 0 bridgehead atoms. The molecule has 4 aromatic rings. The first-order chi connectivity index (χ1) is 17.5. The summed E-state index contributed by atoms with van der Waals surface area (Å²) in [6.45, 7) is 7.68. The summed E-state index contributed by atoms with van der Waals surface area (Å²) in [6.07, 6.45) is 5.58. The number of nitrogens with one attached hydrogen (secondary N) is 1. The van der Waals surface area contributed by atoms with Gasteiger partial charge in [0.2, 0.25) is 0 Å². The van der Waals surface area contributed by atoms with Crippen LogP contribution in [-0.4, -0.2) is 34.1 Å². The highest BCUT2D eigenvalue weighted by molar-refractivity contribution is 7.13. The maximum absolute atomic E-state index is 13.0. The first-order valence-electron chi connectivity index (χ1n) is 12.6. The minimum atomic E-state index is -0.0254.